The maximum Gasteiger partial charge on any atom is 0.413 e. The number of methoxy groups -OCH3 is 1. The zero-order chi connectivity index (χ0) is 17.8. The molecule has 1 fully saturated rings. The average molecular weight is 349 g/mol. The van der Waals surface area contributed by atoms with E-state index in [0.717, 1.165) is 51.5 Å². The Morgan fingerprint density at radius 1 is 1.28 bits per heavy atom. The lowest BCUT2D eigenvalue weighted by Gasteiger charge is -2.32. The minimum absolute atomic E-state index is 0.252. The molecule has 2 aliphatic heterocycles. The summed E-state index contributed by atoms with van der Waals surface area (Å²) in [5.74, 6) is 0.752. The molecule has 25 heavy (non-hydrogen) atoms. The molecule has 3 rings (SSSR count). The molecule has 2 aliphatic rings. The Bertz CT molecular complexity index is 641. The number of amides is 2. The van der Waals surface area contributed by atoms with Gasteiger partial charge in [0, 0.05) is 12.0 Å². The molecule has 7 nitrogen and oxygen atoms in total. The molecule has 0 spiro atoms. The van der Waals surface area contributed by atoms with Gasteiger partial charge in [0.2, 0.25) is 0 Å². The Balaban J connectivity index is 1.48. The van der Waals surface area contributed by atoms with Crippen molar-refractivity contribution in [2.75, 3.05) is 39.9 Å². The van der Waals surface area contributed by atoms with E-state index >= 15 is 0 Å². The summed E-state index contributed by atoms with van der Waals surface area (Å²) in [5, 5.41) is 2.26. The average Bonchev–Trinajstić information content (AvgIpc) is 3.09. The van der Waals surface area contributed by atoms with E-state index in [-0.39, 0.29) is 11.9 Å². The summed E-state index contributed by atoms with van der Waals surface area (Å²) < 4.78 is 10.0. The van der Waals surface area contributed by atoms with Crippen molar-refractivity contribution in [3.8, 4) is 5.75 Å². The molecule has 2 amide bonds. The van der Waals surface area contributed by atoms with Crippen molar-refractivity contribution in [2.45, 2.75) is 25.9 Å². The van der Waals surface area contributed by atoms with E-state index < -0.39 is 6.09 Å². The van der Waals surface area contributed by atoms with Gasteiger partial charge in [-0.15, -0.1) is 0 Å². The number of ether oxygens (including phenoxy) is 2. The number of hydrogen-bond donors (Lipinski definition) is 3. The number of piperazine rings is 1. The first-order valence-electron chi connectivity index (χ1n) is 8.88. The van der Waals surface area contributed by atoms with Gasteiger partial charge in [-0.05, 0) is 30.7 Å². The zero-order valence-corrected chi connectivity index (χ0v) is 14.9. The molecule has 1 aromatic carbocycles. The predicted molar refractivity (Wildman–Crippen MR) is 90.7 cm³/mol. The van der Waals surface area contributed by atoms with Gasteiger partial charge in [-0.1, -0.05) is 0 Å². The van der Waals surface area contributed by atoms with Crippen molar-refractivity contribution >= 4 is 12.0 Å². The van der Waals surface area contributed by atoms with Gasteiger partial charge in [0.25, 0.3) is 5.91 Å². The third-order valence-electron chi connectivity index (χ3n) is 5.22. The molecule has 0 saturated carbocycles. The molecule has 0 aliphatic carbocycles. The normalized spacial score (nSPS) is 23.3. The number of carbonyl (C=O) groups excluding carboxylic acids is 2. The first-order valence-corrected chi connectivity index (χ1v) is 8.88. The summed E-state index contributed by atoms with van der Waals surface area (Å²) >= 11 is 0. The molecule has 0 unspecified atom stereocenters. The summed E-state index contributed by atoms with van der Waals surface area (Å²) in [5.41, 5.74) is 2.66. The highest BCUT2D eigenvalue weighted by Gasteiger charge is 2.32. The molecule has 3 N–H and O–H groups in total. The van der Waals surface area contributed by atoms with Crippen LogP contribution in [0, 0.1) is 0 Å². The standard InChI is InChI=1S/C18H25N3O4/c1-13(17(22)19-18(23)24-2)21-8-6-20(7-9-21)12-14-3-4-16-15(11-14)5-10-25-16/h3-4,11,13H,5-10,12H2,1-2H3,(H,19,22,23)/p+2/t13-/m1/s1. The van der Waals surface area contributed by atoms with Crippen LogP contribution in [-0.4, -0.2) is 57.9 Å². The lowest BCUT2D eigenvalue weighted by Crippen LogP contribution is -3.29. The maximum absolute atomic E-state index is 12.0. The molecule has 0 radical (unpaired) electrons. The third-order valence-corrected chi connectivity index (χ3v) is 5.22. The highest BCUT2D eigenvalue weighted by atomic mass is 16.5. The van der Waals surface area contributed by atoms with Gasteiger partial charge in [-0.3, -0.25) is 10.1 Å². The summed E-state index contributed by atoms with van der Waals surface area (Å²) in [4.78, 5) is 26.0. The molecular formula is C18H27N3O4+2. The van der Waals surface area contributed by atoms with E-state index in [9.17, 15) is 9.59 Å². The Kier molecular flexibility index (Phi) is 5.55. The summed E-state index contributed by atoms with van der Waals surface area (Å²) in [6.07, 6.45) is 0.310. The van der Waals surface area contributed by atoms with Crippen LogP contribution in [0.25, 0.3) is 0 Å². The van der Waals surface area contributed by atoms with Gasteiger partial charge in [0.1, 0.15) is 38.5 Å². The molecule has 2 heterocycles. The van der Waals surface area contributed by atoms with E-state index in [2.05, 4.69) is 28.3 Å². The number of alkyl carbamates (subject to hydrolysis) is 1. The van der Waals surface area contributed by atoms with Crippen molar-refractivity contribution in [1.29, 1.82) is 0 Å². The molecule has 136 valence electrons. The Morgan fingerprint density at radius 3 is 2.76 bits per heavy atom. The first-order chi connectivity index (χ1) is 12.1. The van der Waals surface area contributed by atoms with Crippen molar-refractivity contribution in [3.63, 3.8) is 0 Å². The summed E-state index contributed by atoms with van der Waals surface area (Å²) in [6.45, 7) is 7.51. The van der Waals surface area contributed by atoms with Crippen LogP contribution in [0.4, 0.5) is 4.79 Å². The SMILES string of the molecule is COC(=O)NC(=O)[C@@H](C)[NH+]1CC[NH+](Cc2ccc3c(c2)CCO3)CC1. The van der Waals surface area contributed by atoms with Gasteiger partial charge in [0.15, 0.2) is 6.04 Å². The maximum atomic E-state index is 12.0. The second-order valence-electron chi connectivity index (χ2n) is 6.83. The monoisotopic (exact) mass is 349 g/mol. The largest absolute Gasteiger partial charge is 0.493 e. The van der Waals surface area contributed by atoms with Crippen molar-refractivity contribution in [1.82, 2.24) is 5.32 Å². The molecule has 0 bridgehead atoms. The molecule has 1 saturated heterocycles. The Hall–Kier alpha value is -2.12. The van der Waals surface area contributed by atoms with Gasteiger partial charge in [-0.2, -0.15) is 0 Å². The minimum Gasteiger partial charge on any atom is -0.493 e. The number of imide groups is 1. The quantitative estimate of drug-likeness (QED) is 0.598. The zero-order valence-electron chi connectivity index (χ0n) is 14.9. The molecule has 1 atom stereocenters. The van der Waals surface area contributed by atoms with Crippen molar-refractivity contribution in [3.05, 3.63) is 29.3 Å². The second-order valence-corrected chi connectivity index (χ2v) is 6.83. The highest BCUT2D eigenvalue weighted by Crippen LogP contribution is 2.25. The van der Waals surface area contributed by atoms with Crippen LogP contribution in [0.15, 0.2) is 18.2 Å². The topological polar surface area (TPSA) is 73.5 Å². The van der Waals surface area contributed by atoms with Crippen molar-refractivity contribution < 1.29 is 28.9 Å². The lowest BCUT2D eigenvalue weighted by molar-refractivity contribution is -1.02. The number of hydrogen-bond acceptors (Lipinski definition) is 4. The number of rotatable bonds is 4. The fourth-order valence-corrected chi connectivity index (χ4v) is 3.62. The molecular weight excluding hydrogens is 322 g/mol. The van der Waals surface area contributed by atoms with E-state index in [1.807, 2.05) is 6.92 Å². The number of fused-ring (bicyclic) bond motifs is 1. The van der Waals surface area contributed by atoms with Crippen LogP contribution in [-0.2, 0) is 22.5 Å². The van der Waals surface area contributed by atoms with E-state index in [1.54, 1.807) is 0 Å². The van der Waals surface area contributed by atoms with Crippen LogP contribution in [0.5, 0.6) is 5.75 Å². The van der Waals surface area contributed by atoms with E-state index in [4.69, 9.17) is 4.74 Å². The third kappa shape index (κ3) is 4.29. The second kappa shape index (κ2) is 7.84. The minimum atomic E-state index is -0.693. The van der Waals surface area contributed by atoms with Crippen LogP contribution < -0.4 is 19.9 Å². The molecule has 1 aromatic rings. The van der Waals surface area contributed by atoms with Crippen LogP contribution in [0.3, 0.4) is 0 Å². The summed E-state index contributed by atoms with van der Waals surface area (Å²) in [6, 6.07) is 6.25. The summed E-state index contributed by atoms with van der Waals surface area (Å²) in [7, 11) is 1.26. The predicted octanol–water partition coefficient (Wildman–Crippen LogP) is -1.82. The smallest absolute Gasteiger partial charge is 0.413 e. The molecule has 0 aromatic heterocycles. The Labute approximate surface area is 147 Å². The number of quaternary nitrogens is 2. The van der Waals surface area contributed by atoms with Gasteiger partial charge < -0.3 is 19.3 Å². The van der Waals surface area contributed by atoms with Gasteiger partial charge in [-0.25, -0.2) is 4.79 Å². The van der Waals surface area contributed by atoms with Crippen LogP contribution in [0.1, 0.15) is 18.1 Å². The van der Waals surface area contributed by atoms with E-state index in [0.29, 0.717) is 0 Å². The van der Waals surface area contributed by atoms with Crippen molar-refractivity contribution in [2.24, 2.45) is 0 Å². The Morgan fingerprint density at radius 2 is 2.04 bits per heavy atom. The number of carbonyl (C=O) groups is 2. The number of nitrogens with one attached hydrogen (secondary N) is 3. The van der Waals surface area contributed by atoms with E-state index in [1.165, 1.54) is 28.0 Å². The van der Waals surface area contributed by atoms with Gasteiger partial charge in [0.05, 0.1) is 13.7 Å². The lowest BCUT2D eigenvalue weighted by atomic mass is 10.1. The fourth-order valence-electron chi connectivity index (χ4n) is 3.62. The van der Waals surface area contributed by atoms with Crippen LogP contribution in [0.2, 0.25) is 0 Å². The first kappa shape index (κ1) is 17.7. The number of benzene rings is 1. The fraction of sp³-hybridized carbons (Fsp3) is 0.556. The van der Waals surface area contributed by atoms with Gasteiger partial charge >= 0.3 is 6.09 Å². The molecule has 7 heteroatoms. The highest BCUT2D eigenvalue weighted by molar-refractivity contribution is 5.93. The van der Waals surface area contributed by atoms with Crippen LogP contribution >= 0.6 is 0 Å².